The van der Waals surface area contributed by atoms with Gasteiger partial charge in [-0.05, 0) is 39.0 Å². The minimum Gasteiger partial charge on any atom is -0.352 e. The normalized spacial score (nSPS) is 11.4. The number of carbonyl (C=O) groups is 1. The Labute approximate surface area is 126 Å². The van der Waals surface area contributed by atoms with Crippen LogP contribution >= 0.6 is 0 Å². The average molecular weight is 283 g/mol. The van der Waals surface area contributed by atoms with Gasteiger partial charge in [0.15, 0.2) is 0 Å². The fourth-order valence-corrected chi connectivity index (χ4v) is 3.02. The average Bonchev–Trinajstić information content (AvgIpc) is 2.39. The molecule has 1 N–H and O–H groups in total. The van der Waals surface area contributed by atoms with E-state index in [-0.39, 0.29) is 5.91 Å². The number of nitrogens with zero attached hydrogens (tertiary/aromatic N) is 1. The summed E-state index contributed by atoms with van der Waals surface area (Å²) in [6.07, 6.45) is 6.03. The van der Waals surface area contributed by atoms with Crippen LogP contribution in [0.15, 0.2) is 12.2 Å². The molecule has 0 aromatic rings. The second-order valence-corrected chi connectivity index (χ2v) is 5.98. The number of quaternary nitrogens is 1. The fourth-order valence-electron chi connectivity index (χ4n) is 3.02. The third kappa shape index (κ3) is 7.68. The van der Waals surface area contributed by atoms with E-state index in [1.54, 1.807) is 6.92 Å². The maximum atomic E-state index is 11.4. The Hall–Kier alpha value is -0.830. The van der Waals surface area contributed by atoms with Crippen molar-refractivity contribution in [1.29, 1.82) is 0 Å². The van der Waals surface area contributed by atoms with Crippen LogP contribution < -0.4 is 5.32 Å². The maximum absolute atomic E-state index is 11.4. The lowest BCUT2D eigenvalue weighted by atomic mass is 10.2. The lowest BCUT2D eigenvalue weighted by molar-refractivity contribution is -0.928. The number of nitrogens with one attached hydrogen (secondary N) is 1. The molecule has 0 bridgehead atoms. The third-order valence-electron chi connectivity index (χ3n) is 3.83. The van der Waals surface area contributed by atoms with Gasteiger partial charge in [0.25, 0.3) is 0 Å². The summed E-state index contributed by atoms with van der Waals surface area (Å²) in [5.74, 6) is -0.0126. The summed E-state index contributed by atoms with van der Waals surface area (Å²) in [6, 6.07) is 0. The number of amides is 1. The molecular weight excluding hydrogens is 248 g/mol. The molecule has 0 saturated carbocycles. The number of unbranched alkanes of at least 4 members (excludes halogenated alkanes) is 1. The highest BCUT2D eigenvalue weighted by Crippen LogP contribution is 2.13. The van der Waals surface area contributed by atoms with Gasteiger partial charge in [0.05, 0.1) is 26.2 Å². The van der Waals surface area contributed by atoms with Crippen molar-refractivity contribution in [2.45, 2.75) is 59.8 Å². The molecule has 3 heteroatoms. The smallest absolute Gasteiger partial charge is 0.246 e. The van der Waals surface area contributed by atoms with Gasteiger partial charge >= 0.3 is 0 Å². The molecule has 0 fully saturated rings. The standard InChI is InChI=1S/C17H34N2O/c1-6-12-19(13-7-2,14-8-3)15-10-9-11-18-17(20)16(4)5/h4,6-15H2,1-3,5H3/p+1. The van der Waals surface area contributed by atoms with Gasteiger partial charge in [-0.25, -0.2) is 0 Å². The minimum atomic E-state index is -0.0126. The molecule has 0 radical (unpaired) electrons. The van der Waals surface area contributed by atoms with Crippen LogP contribution in [0.2, 0.25) is 0 Å². The molecule has 1 amide bonds. The van der Waals surface area contributed by atoms with Crippen LogP contribution in [0.25, 0.3) is 0 Å². The fraction of sp³-hybridized carbons (Fsp3) is 0.824. The molecular formula is C17H35N2O+. The predicted octanol–water partition coefficient (Wildman–Crippen LogP) is 3.51. The molecule has 0 aromatic carbocycles. The Balaban J connectivity index is 4.12. The van der Waals surface area contributed by atoms with Crippen molar-refractivity contribution in [2.24, 2.45) is 0 Å². The van der Waals surface area contributed by atoms with Crippen LogP contribution in [0.5, 0.6) is 0 Å². The monoisotopic (exact) mass is 283 g/mol. The quantitative estimate of drug-likeness (QED) is 0.331. The van der Waals surface area contributed by atoms with Crippen LogP contribution in [0.3, 0.4) is 0 Å². The van der Waals surface area contributed by atoms with E-state index in [1.807, 2.05) is 0 Å². The van der Waals surface area contributed by atoms with Crippen LogP contribution in [0.1, 0.15) is 59.8 Å². The first-order chi connectivity index (χ1) is 9.51. The number of carbonyl (C=O) groups excluding carboxylic acids is 1. The van der Waals surface area contributed by atoms with Crippen LogP contribution in [-0.4, -0.2) is 43.1 Å². The summed E-state index contributed by atoms with van der Waals surface area (Å²) in [7, 11) is 0. The number of hydrogen-bond donors (Lipinski definition) is 1. The van der Waals surface area contributed by atoms with E-state index in [4.69, 9.17) is 0 Å². The first-order valence-corrected chi connectivity index (χ1v) is 8.30. The number of hydrogen-bond acceptors (Lipinski definition) is 1. The van der Waals surface area contributed by atoms with Gasteiger partial charge in [0, 0.05) is 12.1 Å². The Kier molecular flexibility index (Phi) is 10.4. The van der Waals surface area contributed by atoms with Gasteiger partial charge in [0.1, 0.15) is 0 Å². The van der Waals surface area contributed by atoms with Gasteiger partial charge < -0.3 is 9.80 Å². The van der Waals surface area contributed by atoms with Crippen molar-refractivity contribution in [3.63, 3.8) is 0 Å². The number of rotatable bonds is 12. The predicted molar refractivity (Wildman–Crippen MR) is 87.7 cm³/mol. The van der Waals surface area contributed by atoms with E-state index >= 15 is 0 Å². The summed E-state index contributed by atoms with van der Waals surface area (Å²) in [6.45, 7) is 18.1. The van der Waals surface area contributed by atoms with Gasteiger partial charge in [-0.2, -0.15) is 0 Å². The molecule has 0 spiro atoms. The zero-order valence-electron chi connectivity index (χ0n) is 14.1. The molecule has 3 nitrogen and oxygen atoms in total. The Morgan fingerprint density at radius 1 is 0.950 bits per heavy atom. The van der Waals surface area contributed by atoms with E-state index in [9.17, 15) is 4.79 Å². The first kappa shape index (κ1) is 19.2. The molecule has 0 heterocycles. The molecule has 0 aromatic heterocycles. The molecule has 0 aliphatic rings. The minimum absolute atomic E-state index is 0.0126. The highest BCUT2D eigenvalue weighted by Gasteiger charge is 2.23. The lowest BCUT2D eigenvalue weighted by Crippen LogP contribution is -2.50. The summed E-state index contributed by atoms with van der Waals surface area (Å²) < 4.78 is 1.26. The van der Waals surface area contributed by atoms with E-state index in [2.05, 4.69) is 32.7 Å². The van der Waals surface area contributed by atoms with Crippen molar-refractivity contribution in [3.05, 3.63) is 12.2 Å². The van der Waals surface area contributed by atoms with Gasteiger partial charge in [0.2, 0.25) is 5.91 Å². The van der Waals surface area contributed by atoms with Crippen molar-refractivity contribution in [1.82, 2.24) is 5.32 Å². The molecule has 0 rings (SSSR count). The maximum Gasteiger partial charge on any atom is 0.246 e. The Morgan fingerprint density at radius 3 is 1.85 bits per heavy atom. The second-order valence-electron chi connectivity index (χ2n) is 5.98. The van der Waals surface area contributed by atoms with Gasteiger partial charge in [-0.15, -0.1) is 0 Å². The Bertz CT molecular complexity index is 270. The molecule has 118 valence electrons. The third-order valence-corrected chi connectivity index (χ3v) is 3.83. The molecule has 0 unspecified atom stereocenters. The summed E-state index contributed by atoms with van der Waals surface area (Å²) in [5, 5.41) is 2.92. The van der Waals surface area contributed by atoms with E-state index in [1.165, 1.54) is 56.3 Å². The van der Waals surface area contributed by atoms with Gasteiger partial charge in [-0.1, -0.05) is 27.4 Å². The van der Waals surface area contributed by atoms with E-state index in [0.29, 0.717) is 5.57 Å². The molecule has 0 atom stereocenters. The Morgan fingerprint density at radius 2 is 1.45 bits per heavy atom. The lowest BCUT2D eigenvalue weighted by Gasteiger charge is -2.38. The summed E-state index contributed by atoms with van der Waals surface area (Å²) >= 11 is 0. The van der Waals surface area contributed by atoms with E-state index in [0.717, 1.165) is 13.0 Å². The molecule has 0 saturated heterocycles. The highest BCUT2D eigenvalue weighted by atomic mass is 16.1. The van der Waals surface area contributed by atoms with Crippen LogP contribution in [0.4, 0.5) is 0 Å². The first-order valence-electron chi connectivity index (χ1n) is 8.30. The van der Waals surface area contributed by atoms with Crippen molar-refractivity contribution in [2.75, 3.05) is 32.7 Å². The summed E-state index contributed by atoms with van der Waals surface area (Å²) in [4.78, 5) is 11.4. The van der Waals surface area contributed by atoms with Crippen LogP contribution in [0, 0.1) is 0 Å². The molecule has 0 aliphatic carbocycles. The van der Waals surface area contributed by atoms with Crippen molar-refractivity contribution < 1.29 is 9.28 Å². The topological polar surface area (TPSA) is 29.1 Å². The van der Waals surface area contributed by atoms with Crippen molar-refractivity contribution >= 4 is 5.91 Å². The molecule has 20 heavy (non-hydrogen) atoms. The van der Waals surface area contributed by atoms with E-state index < -0.39 is 0 Å². The molecule has 0 aliphatic heterocycles. The highest BCUT2D eigenvalue weighted by molar-refractivity contribution is 5.91. The zero-order chi connectivity index (χ0) is 15.4. The van der Waals surface area contributed by atoms with Gasteiger partial charge in [-0.3, -0.25) is 4.79 Å². The second kappa shape index (κ2) is 10.9. The zero-order valence-corrected chi connectivity index (χ0v) is 14.1. The van der Waals surface area contributed by atoms with Crippen LogP contribution in [-0.2, 0) is 4.79 Å². The van der Waals surface area contributed by atoms with Crippen molar-refractivity contribution in [3.8, 4) is 0 Å². The SMILES string of the molecule is C=C(C)C(=O)NCCCC[N+](CCC)(CCC)CCC. The summed E-state index contributed by atoms with van der Waals surface area (Å²) in [5.41, 5.74) is 0.595. The largest absolute Gasteiger partial charge is 0.352 e.